The topological polar surface area (TPSA) is 43.4 Å². The van der Waals surface area contributed by atoms with Gasteiger partial charge < -0.3 is 4.74 Å². The zero-order valence-electron chi connectivity index (χ0n) is 8.82. The summed E-state index contributed by atoms with van der Waals surface area (Å²) in [6.07, 6.45) is 0. The largest absolute Gasteiger partial charge is 0.497 e. The number of benzene rings is 1. The molecule has 1 aromatic carbocycles. The third-order valence-corrected chi connectivity index (χ3v) is 5.46. The summed E-state index contributed by atoms with van der Waals surface area (Å²) in [6, 6.07) is 6.34. The van der Waals surface area contributed by atoms with Crippen LogP contribution in [-0.4, -0.2) is 19.2 Å². The molecule has 5 heteroatoms. The maximum atomic E-state index is 12.0. The van der Waals surface area contributed by atoms with Gasteiger partial charge in [0.15, 0.2) is 9.84 Å². The van der Waals surface area contributed by atoms with Gasteiger partial charge in [0, 0.05) is 0 Å². The predicted molar refractivity (Wildman–Crippen MR) is 63.2 cm³/mol. The fraction of sp³-hybridized carbons (Fsp3) is 0.400. The highest BCUT2D eigenvalue weighted by molar-refractivity contribution is 9.11. The van der Waals surface area contributed by atoms with Gasteiger partial charge in [0.2, 0.25) is 0 Å². The summed E-state index contributed by atoms with van der Waals surface area (Å²) in [6.45, 7) is 3.21. The Morgan fingerprint density at radius 3 is 2.00 bits per heavy atom. The average Bonchev–Trinajstić information content (AvgIpc) is 2.16. The van der Waals surface area contributed by atoms with Crippen molar-refractivity contribution in [3.63, 3.8) is 0 Å². The second kappa shape index (κ2) is 4.14. The van der Waals surface area contributed by atoms with Crippen molar-refractivity contribution in [3.05, 3.63) is 24.3 Å². The standard InChI is InChI=1S/C10H13BrO3S/c1-10(2,11)15(12,13)9-6-4-8(14-3)5-7-9/h4-7H,1-3H3. The second-order valence-corrected chi connectivity index (χ2v) is 8.55. The Labute approximate surface area is 98.5 Å². The van der Waals surface area contributed by atoms with Crippen molar-refractivity contribution in [3.8, 4) is 5.75 Å². The highest BCUT2D eigenvalue weighted by Crippen LogP contribution is 2.31. The lowest BCUT2D eigenvalue weighted by atomic mass is 10.3. The van der Waals surface area contributed by atoms with Crippen LogP contribution in [0.4, 0.5) is 0 Å². The van der Waals surface area contributed by atoms with Crippen LogP contribution >= 0.6 is 15.9 Å². The number of hydrogen-bond donors (Lipinski definition) is 0. The van der Waals surface area contributed by atoms with E-state index in [2.05, 4.69) is 15.9 Å². The quantitative estimate of drug-likeness (QED) is 0.805. The van der Waals surface area contributed by atoms with E-state index in [1.54, 1.807) is 26.0 Å². The lowest BCUT2D eigenvalue weighted by molar-refractivity contribution is 0.414. The summed E-state index contributed by atoms with van der Waals surface area (Å²) in [5.74, 6) is 0.640. The highest BCUT2D eigenvalue weighted by atomic mass is 79.9. The van der Waals surface area contributed by atoms with Crippen LogP contribution in [0.1, 0.15) is 13.8 Å². The average molecular weight is 293 g/mol. The zero-order valence-corrected chi connectivity index (χ0v) is 11.2. The Morgan fingerprint density at radius 1 is 1.20 bits per heavy atom. The van der Waals surface area contributed by atoms with E-state index < -0.39 is 13.5 Å². The molecule has 0 heterocycles. The van der Waals surface area contributed by atoms with Gasteiger partial charge in [-0.2, -0.15) is 0 Å². The molecule has 0 aliphatic heterocycles. The lowest BCUT2D eigenvalue weighted by Gasteiger charge is -2.17. The maximum Gasteiger partial charge on any atom is 0.193 e. The number of hydrogen-bond acceptors (Lipinski definition) is 3. The van der Waals surface area contributed by atoms with E-state index in [1.807, 2.05) is 0 Å². The summed E-state index contributed by atoms with van der Waals surface area (Å²) in [5, 5.41) is 0. The maximum absolute atomic E-state index is 12.0. The molecule has 1 aromatic rings. The summed E-state index contributed by atoms with van der Waals surface area (Å²) in [7, 11) is -1.80. The normalized spacial score (nSPS) is 12.5. The molecular formula is C10H13BrO3S. The van der Waals surface area contributed by atoms with Crippen molar-refractivity contribution >= 4 is 25.8 Å². The molecule has 0 aromatic heterocycles. The molecule has 0 saturated heterocycles. The highest BCUT2D eigenvalue weighted by Gasteiger charge is 2.32. The summed E-state index contributed by atoms with van der Waals surface area (Å²) in [4.78, 5) is 0.283. The van der Waals surface area contributed by atoms with Crippen LogP contribution in [-0.2, 0) is 9.84 Å². The summed E-state index contributed by atoms with van der Waals surface area (Å²) >= 11 is 3.15. The molecule has 0 unspecified atom stereocenters. The van der Waals surface area contributed by atoms with Crippen LogP contribution in [0.25, 0.3) is 0 Å². The van der Waals surface area contributed by atoms with Crippen molar-refractivity contribution in [2.24, 2.45) is 0 Å². The minimum Gasteiger partial charge on any atom is -0.497 e. The molecule has 1 rings (SSSR count). The van der Waals surface area contributed by atoms with Crippen molar-refractivity contribution < 1.29 is 13.2 Å². The number of halogens is 1. The van der Waals surface area contributed by atoms with Gasteiger partial charge in [-0.15, -0.1) is 0 Å². The molecule has 0 fully saturated rings. The van der Waals surface area contributed by atoms with Crippen molar-refractivity contribution in [1.29, 1.82) is 0 Å². The summed E-state index contributed by atoms with van der Waals surface area (Å²) in [5.41, 5.74) is 0. The number of ether oxygens (including phenoxy) is 1. The van der Waals surface area contributed by atoms with Gasteiger partial charge in [-0.1, -0.05) is 15.9 Å². The number of methoxy groups -OCH3 is 1. The second-order valence-electron chi connectivity index (χ2n) is 3.54. The third kappa shape index (κ3) is 2.52. The van der Waals surface area contributed by atoms with Crippen molar-refractivity contribution in [1.82, 2.24) is 0 Å². The van der Waals surface area contributed by atoms with Crippen LogP contribution in [0.5, 0.6) is 5.75 Å². The van der Waals surface area contributed by atoms with Crippen LogP contribution in [0.2, 0.25) is 0 Å². The molecule has 84 valence electrons. The molecular weight excluding hydrogens is 280 g/mol. The first kappa shape index (κ1) is 12.5. The molecule has 0 N–H and O–H groups in total. The van der Waals surface area contributed by atoms with E-state index in [4.69, 9.17) is 4.74 Å². The molecule has 15 heavy (non-hydrogen) atoms. The van der Waals surface area contributed by atoms with E-state index in [9.17, 15) is 8.42 Å². The van der Waals surface area contributed by atoms with Gasteiger partial charge in [0.1, 0.15) is 9.41 Å². The molecule has 0 radical (unpaired) electrons. The van der Waals surface area contributed by atoms with Gasteiger partial charge in [-0.05, 0) is 38.1 Å². The van der Waals surface area contributed by atoms with Crippen LogP contribution in [0, 0.1) is 0 Å². The van der Waals surface area contributed by atoms with Gasteiger partial charge >= 0.3 is 0 Å². The number of sulfone groups is 1. The predicted octanol–water partition coefficient (Wildman–Crippen LogP) is 2.60. The van der Waals surface area contributed by atoms with E-state index >= 15 is 0 Å². The zero-order chi connectivity index (χ0) is 11.7. The Balaban J connectivity index is 3.18. The Kier molecular flexibility index (Phi) is 3.45. The lowest BCUT2D eigenvalue weighted by Crippen LogP contribution is -2.24. The first-order valence-electron chi connectivity index (χ1n) is 4.36. The smallest absolute Gasteiger partial charge is 0.193 e. The van der Waals surface area contributed by atoms with Crippen LogP contribution in [0.15, 0.2) is 29.2 Å². The van der Waals surface area contributed by atoms with Crippen molar-refractivity contribution in [2.45, 2.75) is 22.4 Å². The summed E-state index contributed by atoms with van der Waals surface area (Å²) < 4.78 is 27.9. The first-order chi connectivity index (χ1) is 6.79. The Morgan fingerprint density at radius 2 is 1.67 bits per heavy atom. The SMILES string of the molecule is COc1ccc(S(=O)(=O)C(C)(C)Br)cc1. The minimum absolute atomic E-state index is 0.283. The fourth-order valence-electron chi connectivity index (χ4n) is 1.04. The first-order valence-corrected chi connectivity index (χ1v) is 6.64. The van der Waals surface area contributed by atoms with E-state index in [0.717, 1.165) is 0 Å². The van der Waals surface area contributed by atoms with Gasteiger partial charge in [-0.3, -0.25) is 0 Å². The minimum atomic E-state index is -3.34. The molecule has 0 aliphatic carbocycles. The van der Waals surface area contributed by atoms with E-state index in [-0.39, 0.29) is 4.90 Å². The van der Waals surface area contributed by atoms with Gasteiger partial charge in [0.25, 0.3) is 0 Å². The Bertz CT molecular complexity index is 429. The van der Waals surface area contributed by atoms with Crippen LogP contribution < -0.4 is 4.74 Å². The van der Waals surface area contributed by atoms with E-state index in [0.29, 0.717) is 5.75 Å². The molecule has 0 aliphatic rings. The molecule has 0 amide bonds. The third-order valence-electron chi connectivity index (χ3n) is 2.01. The van der Waals surface area contributed by atoms with Gasteiger partial charge in [-0.25, -0.2) is 8.42 Å². The molecule has 0 atom stereocenters. The molecule has 0 saturated carbocycles. The Hall–Kier alpha value is -0.550. The molecule has 0 spiro atoms. The number of rotatable bonds is 3. The fourth-order valence-corrected chi connectivity index (χ4v) is 2.65. The molecule has 3 nitrogen and oxygen atoms in total. The monoisotopic (exact) mass is 292 g/mol. The molecule has 0 bridgehead atoms. The number of alkyl halides is 1. The van der Waals surface area contributed by atoms with E-state index in [1.165, 1.54) is 19.2 Å². The van der Waals surface area contributed by atoms with Crippen molar-refractivity contribution in [2.75, 3.05) is 7.11 Å². The van der Waals surface area contributed by atoms with Crippen LogP contribution in [0.3, 0.4) is 0 Å². The van der Waals surface area contributed by atoms with Gasteiger partial charge in [0.05, 0.1) is 12.0 Å².